The maximum Gasteiger partial charge on any atom is 0.193 e. The van der Waals surface area contributed by atoms with E-state index in [1.165, 1.54) is 11.1 Å². The van der Waals surface area contributed by atoms with E-state index in [9.17, 15) is 0 Å². The fourth-order valence-corrected chi connectivity index (χ4v) is 4.63. The normalized spacial score (nSPS) is 25.2. The van der Waals surface area contributed by atoms with E-state index < -0.39 is 0 Å². The van der Waals surface area contributed by atoms with Gasteiger partial charge in [-0.1, -0.05) is 13.8 Å². The van der Waals surface area contributed by atoms with E-state index in [-0.39, 0.29) is 29.4 Å². The van der Waals surface area contributed by atoms with Gasteiger partial charge < -0.3 is 24.4 Å². The van der Waals surface area contributed by atoms with Gasteiger partial charge in [0.25, 0.3) is 0 Å². The Hall–Kier alpha value is -1.22. The van der Waals surface area contributed by atoms with Crippen molar-refractivity contribution in [1.82, 2.24) is 10.2 Å². The summed E-state index contributed by atoms with van der Waals surface area (Å²) in [6.07, 6.45) is 1.49. The van der Waals surface area contributed by atoms with Crippen molar-refractivity contribution in [3.05, 3.63) is 23.3 Å². The molecule has 1 N–H and O–H groups in total. The summed E-state index contributed by atoms with van der Waals surface area (Å²) in [6.45, 7) is 8.27. The molecule has 28 heavy (non-hydrogen) atoms. The minimum Gasteiger partial charge on any atom is -0.493 e. The van der Waals surface area contributed by atoms with Gasteiger partial charge in [-0.2, -0.15) is 0 Å². The highest BCUT2D eigenvalue weighted by atomic mass is 127. The molecule has 0 radical (unpaired) electrons. The molecule has 7 heteroatoms. The van der Waals surface area contributed by atoms with Crippen molar-refractivity contribution in [1.29, 1.82) is 0 Å². The van der Waals surface area contributed by atoms with Crippen molar-refractivity contribution in [2.24, 2.45) is 16.3 Å². The average Bonchev–Trinajstić information content (AvgIpc) is 3.10. The third kappa shape index (κ3) is 4.06. The first kappa shape index (κ1) is 23.1. The van der Waals surface area contributed by atoms with Crippen LogP contribution in [-0.2, 0) is 11.3 Å². The number of rotatable bonds is 5. The molecule has 0 bridgehead atoms. The van der Waals surface area contributed by atoms with E-state index in [4.69, 9.17) is 14.2 Å². The molecule has 1 heterocycles. The van der Waals surface area contributed by atoms with Gasteiger partial charge in [-0.3, -0.25) is 4.99 Å². The summed E-state index contributed by atoms with van der Waals surface area (Å²) < 4.78 is 16.8. The molecule has 0 spiro atoms. The van der Waals surface area contributed by atoms with Crippen LogP contribution in [0.5, 0.6) is 11.5 Å². The fourth-order valence-electron chi connectivity index (χ4n) is 4.63. The number of guanidine groups is 1. The number of ether oxygens (including phenoxy) is 3. The molecule has 1 saturated heterocycles. The summed E-state index contributed by atoms with van der Waals surface area (Å²) in [7, 11) is 7.24. The molecule has 6 nitrogen and oxygen atoms in total. The lowest BCUT2D eigenvalue weighted by atomic mass is 9.57. The van der Waals surface area contributed by atoms with Crippen LogP contribution in [0.25, 0.3) is 0 Å². The Kier molecular flexibility index (Phi) is 7.47. The van der Waals surface area contributed by atoms with Gasteiger partial charge in [-0.15, -0.1) is 24.0 Å². The van der Waals surface area contributed by atoms with Gasteiger partial charge in [-0.25, -0.2) is 0 Å². The summed E-state index contributed by atoms with van der Waals surface area (Å²) in [5.74, 6) is 2.99. The summed E-state index contributed by atoms with van der Waals surface area (Å²) in [5.41, 5.74) is 2.48. The third-order valence-corrected chi connectivity index (χ3v) is 6.21. The first-order valence-electron chi connectivity index (χ1n) is 9.61. The number of aliphatic imine (C=N–C) groups is 1. The minimum atomic E-state index is 0. The van der Waals surface area contributed by atoms with Gasteiger partial charge in [0.2, 0.25) is 0 Å². The van der Waals surface area contributed by atoms with E-state index in [0.29, 0.717) is 18.1 Å². The van der Waals surface area contributed by atoms with Crippen molar-refractivity contribution >= 4 is 29.9 Å². The predicted octanol–water partition coefficient (Wildman–Crippen LogP) is 3.45. The van der Waals surface area contributed by atoms with Crippen molar-refractivity contribution in [2.75, 3.05) is 34.9 Å². The Balaban J connectivity index is 0.00000280. The number of nitrogens with zero attached hydrogens (tertiary/aromatic N) is 2. The Bertz CT molecular complexity index is 723. The molecule has 2 fully saturated rings. The van der Waals surface area contributed by atoms with Gasteiger partial charge in [0.05, 0.1) is 20.3 Å². The minimum absolute atomic E-state index is 0. The standard InChI is InChI=1S/C21H33N3O3.HI/c1-13-10-16(25-6)17(26-7)11-14(13)12-24(5)20(22-4)23-18-15-8-9-27-19(15)21(18,2)3;/h10-11,15,18-19H,8-9,12H2,1-7H3,(H,22,23);1H. The number of benzene rings is 1. The van der Waals surface area contributed by atoms with Crippen molar-refractivity contribution in [3.63, 3.8) is 0 Å². The molecule has 1 aromatic rings. The predicted molar refractivity (Wildman–Crippen MR) is 123 cm³/mol. The first-order valence-corrected chi connectivity index (χ1v) is 9.61. The van der Waals surface area contributed by atoms with Crippen LogP contribution < -0.4 is 14.8 Å². The molecule has 1 aromatic carbocycles. The zero-order chi connectivity index (χ0) is 19.8. The molecule has 3 unspecified atom stereocenters. The maximum absolute atomic E-state index is 5.91. The summed E-state index contributed by atoms with van der Waals surface area (Å²) >= 11 is 0. The van der Waals surface area contributed by atoms with Crippen molar-refractivity contribution in [2.45, 2.75) is 45.9 Å². The van der Waals surface area contributed by atoms with E-state index in [2.05, 4.69) is 43.0 Å². The number of hydrogen-bond acceptors (Lipinski definition) is 4. The van der Waals surface area contributed by atoms with E-state index >= 15 is 0 Å². The van der Waals surface area contributed by atoms with Crippen LogP contribution in [0.3, 0.4) is 0 Å². The first-order chi connectivity index (χ1) is 12.8. The Morgan fingerprint density at radius 3 is 2.54 bits per heavy atom. The quantitative estimate of drug-likeness (QED) is 0.379. The van der Waals surface area contributed by atoms with Gasteiger partial charge in [0, 0.05) is 44.6 Å². The zero-order valence-corrected chi connectivity index (χ0v) is 20.4. The highest BCUT2D eigenvalue weighted by molar-refractivity contribution is 14.0. The van der Waals surface area contributed by atoms with Crippen LogP contribution in [0, 0.1) is 18.3 Å². The lowest BCUT2D eigenvalue weighted by Crippen LogP contribution is -2.67. The number of fused-ring (bicyclic) bond motifs is 1. The smallest absolute Gasteiger partial charge is 0.193 e. The van der Waals surface area contributed by atoms with Crippen molar-refractivity contribution < 1.29 is 14.2 Å². The highest BCUT2D eigenvalue weighted by Gasteiger charge is 2.59. The van der Waals surface area contributed by atoms with E-state index in [1.807, 2.05) is 19.2 Å². The molecule has 1 aliphatic heterocycles. The second-order valence-electron chi connectivity index (χ2n) is 8.22. The highest BCUT2D eigenvalue weighted by Crippen LogP contribution is 2.52. The fraction of sp³-hybridized carbons (Fsp3) is 0.667. The Morgan fingerprint density at radius 1 is 1.29 bits per heavy atom. The maximum atomic E-state index is 5.91. The molecular formula is C21H34IN3O3. The van der Waals surface area contributed by atoms with E-state index in [1.54, 1.807) is 14.2 Å². The van der Waals surface area contributed by atoms with Crippen LogP contribution >= 0.6 is 24.0 Å². The monoisotopic (exact) mass is 503 g/mol. The topological polar surface area (TPSA) is 55.3 Å². The van der Waals surface area contributed by atoms with Crippen LogP contribution in [0.1, 0.15) is 31.4 Å². The van der Waals surface area contributed by atoms with Gasteiger partial charge >= 0.3 is 0 Å². The summed E-state index contributed by atoms with van der Waals surface area (Å²) in [5, 5.41) is 3.70. The van der Waals surface area contributed by atoms with Crippen LogP contribution in [0.4, 0.5) is 0 Å². The lowest BCUT2D eigenvalue weighted by molar-refractivity contribution is -0.107. The molecule has 3 rings (SSSR count). The molecular weight excluding hydrogens is 469 g/mol. The van der Waals surface area contributed by atoms with Crippen LogP contribution in [0.2, 0.25) is 0 Å². The molecule has 1 aliphatic carbocycles. The van der Waals surface area contributed by atoms with E-state index in [0.717, 1.165) is 37.0 Å². The SMILES string of the molecule is CN=C(NC1C2CCOC2C1(C)C)N(C)Cc1cc(OC)c(OC)cc1C.I. The number of nitrogens with one attached hydrogen (secondary N) is 1. The van der Waals surface area contributed by atoms with Gasteiger partial charge in [-0.05, 0) is 36.6 Å². The van der Waals surface area contributed by atoms with Crippen molar-refractivity contribution in [3.8, 4) is 11.5 Å². The number of methoxy groups -OCH3 is 2. The molecule has 1 saturated carbocycles. The molecule has 2 aliphatic rings. The summed E-state index contributed by atoms with van der Waals surface area (Å²) in [6, 6.07) is 4.46. The van der Waals surface area contributed by atoms with Gasteiger partial charge in [0.1, 0.15) is 0 Å². The number of halogens is 1. The Morgan fingerprint density at radius 2 is 1.93 bits per heavy atom. The Labute approximate surface area is 186 Å². The summed E-state index contributed by atoms with van der Waals surface area (Å²) in [4.78, 5) is 6.69. The number of aryl methyl sites for hydroxylation is 1. The van der Waals surface area contributed by atoms with Crippen LogP contribution in [-0.4, -0.2) is 57.9 Å². The molecule has 0 amide bonds. The lowest BCUT2D eigenvalue weighted by Gasteiger charge is -2.55. The zero-order valence-electron chi connectivity index (χ0n) is 18.0. The number of hydrogen-bond donors (Lipinski definition) is 1. The van der Waals surface area contributed by atoms with Gasteiger partial charge in [0.15, 0.2) is 17.5 Å². The van der Waals surface area contributed by atoms with Crippen LogP contribution in [0.15, 0.2) is 17.1 Å². The molecule has 158 valence electrons. The third-order valence-electron chi connectivity index (χ3n) is 6.21. The molecule has 0 aromatic heterocycles. The molecule has 3 atom stereocenters. The second kappa shape index (κ2) is 9.07. The second-order valence-corrected chi connectivity index (χ2v) is 8.22. The average molecular weight is 503 g/mol. The largest absolute Gasteiger partial charge is 0.493 e.